The summed E-state index contributed by atoms with van der Waals surface area (Å²) in [6, 6.07) is 7.68. The molecule has 80 valence electrons. The predicted octanol–water partition coefficient (Wildman–Crippen LogP) is 2.50. The molecule has 0 saturated carbocycles. The number of hydrogen-bond donors (Lipinski definition) is 1. The summed E-state index contributed by atoms with van der Waals surface area (Å²) < 4.78 is 0. The van der Waals surface area contributed by atoms with Gasteiger partial charge in [0.1, 0.15) is 5.75 Å². The average Bonchev–Trinajstić information content (AvgIpc) is 2.76. The van der Waals surface area contributed by atoms with E-state index in [9.17, 15) is 14.7 Å². The van der Waals surface area contributed by atoms with E-state index in [4.69, 9.17) is 0 Å². The number of carbonyl (C=O) groups is 2. The SMILES string of the molecule is O=Cc1cc(C(=O)c2cccc(O)c2)cs1. The average molecular weight is 232 g/mol. The van der Waals surface area contributed by atoms with E-state index >= 15 is 0 Å². The van der Waals surface area contributed by atoms with Crippen molar-refractivity contribution in [3.8, 4) is 5.75 Å². The Balaban J connectivity index is 2.35. The smallest absolute Gasteiger partial charge is 0.194 e. The monoisotopic (exact) mass is 232 g/mol. The molecular weight excluding hydrogens is 224 g/mol. The molecule has 2 aromatic rings. The summed E-state index contributed by atoms with van der Waals surface area (Å²) >= 11 is 1.23. The first-order chi connectivity index (χ1) is 7.70. The number of thiophene rings is 1. The van der Waals surface area contributed by atoms with Crippen LogP contribution in [0.4, 0.5) is 0 Å². The number of phenolic OH excluding ortho intramolecular Hbond substituents is 1. The molecule has 4 heteroatoms. The zero-order valence-electron chi connectivity index (χ0n) is 8.21. The molecule has 2 rings (SSSR count). The molecule has 1 N–H and O–H groups in total. The van der Waals surface area contributed by atoms with Crippen molar-refractivity contribution >= 4 is 23.4 Å². The Bertz CT molecular complexity index is 543. The molecule has 0 aliphatic heterocycles. The molecule has 3 nitrogen and oxygen atoms in total. The van der Waals surface area contributed by atoms with Gasteiger partial charge in [-0.3, -0.25) is 9.59 Å². The van der Waals surface area contributed by atoms with Crippen molar-refractivity contribution in [1.82, 2.24) is 0 Å². The van der Waals surface area contributed by atoms with Crippen molar-refractivity contribution in [2.75, 3.05) is 0 Å². The van der Waals surface area contributed by atoms with Crippen LogP contribution >= 0.6 is 11.3 Å². The molecule has 1 aromatic carbocycles. The van der Waals surface area contributed by atoms with E-state index in [0.29, 0.717) is 22.3 Å². The molecule has 0 aliphatic carbocycles. The third kappa shape index (κ3) is 2.01. The lowest BCUT2D eigenvalue weighted by Gasteiger charge is -1.98. The summed E-state index contributed by atoms with van der Waals surface area (Å²) in [7, 11) is 0. The number of carbonyl (C=O) groups excluding carboxylic acids is 2. The van der Waals surface area contributed by atoms with Crippen LogP contribution in [-0.4, -0.2) is 17.2 Å². The largest absolute Gasteiger partial charge is 0.508 e. The maximum Gasteiger partial charge on any atom is 0.194 e. The maximum absolute atomic E-state index is 11.9. The number of aldehydes is 1. The van der Waals surface area contributed by atoms with Gasteiger partial charge in [-0.1, -0.05) is 12.1 Å². The van der Waals surface area contributed by atoms with Gasteiger partial charge in [0, 0.05) is 16.5 Å². The fourth-order valence-electron chi connectivity index (χ4n) is 1.35. The normalized spacial score (nSPS) is 10.0. The van der Waals surface area contributed by atoms with Crippen LogP contribution in [0.3, 0.4) is 0 Å². The van der Waals surface area contributed by atoms with Gasteiger partial charge in [0.15, 0.2) is 12.1 Å². The second-order valence-corrected chi connectivity index (χ2v) is 4.18. The molecule has 0 amide bonds. The van der Waals surface area contributed by atoms with Gasteiger partial charge in [-0.2, -0.15) is 0 Å². The van der Waals surface area contributed by atoms with Gasteiger partial charge in [0.2, 0.25) is 0 Å². The molecule has 1 aromatic heterocycles. The van der Waals surface area contributed by atoms with Crippen LogP contribution in [0.2, 0.25) is 0 Å². The Morgan fingerprint density at radius 3 is 2.69 bits per heavy atom. The van der Waals surface area contributed by atoms with Crippen LogP contribution in [0, 0.1) is 0 Å². The molecule has 0 spiro atoms. The molecule has 1 heterocycles. The summed E-state index contributed by atoms with van der Waals surface area (Å²) in [6.07, 6.45) is 0.712. The van der Waals surface area contributed by atoms with Crippen molar-refractivity contribution in [2.24, 2.45) is 0 Å². The highest BCUT2D eigenvalue weighted by Crippen LogP contribution is 2.19. The number of hydrogen-bond acceptors (Lipinski definition) is 4. The highest BCUT2D eigenvalue weighted by atomic mass is 32.1. The second kappa shape index (κ2) is 4.28. The Morgan fingerprint density at radius 1 is 1.25 bits per heavy atom. The first-order valence-electron chi connectivity index (χ1n) is 4.58. The fraction of sp³-hybridized carbons (Fsp3) is 0. The lowest BCUT2D eigenvalue weighted by Crippen LogP contribution is -1.98. The van der Waals surface area contributed by atoms with Gasteiger partial charge >= 0.3 is 0 Å². The molecule has 16 heavy (non-hydrogen) atoms. The van der Waals surface area contributed by atoms with Crippen molar-refractivity contribution in [3.05, 3.63) is 51.7 Å². The summed E-state index contributed by atoms with van der Waals surface area (Å²) in [6.45, 7) is 0. The minimum atomic E-state index is -0.194. The van der Waals surface area contributed by atoms with Crippen molar-refractivity contribution in [2.45, 2.75) is 0 Å². The summed E-state index contributed by atoms with van der Waals surface area (Å²) in [5, 5.41) is 10.9. The van der Waals surface area contributed by atoms with E-state index in [1.54, 1.807) is 23.6 Å². The van der Waals surface area contributed by atoms with Crippen LogP contribution in [0.5, 0.6) is 5.75 Å². The third-order valence-electron chi connectivity index (χ3n) is 2.11. The topological polar surface area (TPSA) is 54.4 Å². The molecule has 0 bridgehead atoms. The van der Waals surface area contributed by atoms with Crippen LogP contribution in [0.1, 0.15) is 25.6 Å². The summed E-state index contributed by atoms with van der Waals surface area (Å²) in [5.74, 6) is -0.142. The minimum Gasteiger partial charge on any atom is -0.508 e. The molecule has 0 aliphatic rings. The van der Waals surface area contributed by atoms with Gasteiger partial charge in [-0.05, 0) is 18.2 Å². The van der Waals surface area contributed by atoms with Crippen LogP contribution < -0.4 is 0 Å². The Morgan fingerprint density at radius 2 is 2.06 bits per heavy atom. The van der Waals surface area contributed by atoms with Crippen molar-refractivity contribution < 1.29 is 14.7 Å². The Labute approximate surface area is 96.0 Å². The van der Waals surface area contributed by atoms with E-state index < -0.39 is 0 Å². The Hall–Kier alpha value is -1.94. The maximum atomic E-state index is 11.9. The summed E-state index contributed by atoms with van der Waals surface area (Å²) in [5.41, 5.74) is 0.882. The quantitative estimate of drug-likeness (QED) is 0.653. The van der Waals surface area contributed by atoms with E-state index in [2.05, 4.69) is 0 Å². The molecular formula is C12H8O3S. The third-order valence-corrected chi connectivity index (χ3v) is 2.96. The van der Waals surface area contributed by atoms with Crippen LogP contribution in [0.15, 0.2) is 35.7 Å². The van der Waals surface area contributed by atoms with Gasteiger partial charge in [-0.25, -0.2) is 0 Å². The lowest BCUT2D eigenvalue weighted by atomic mass is 10.1. The van der Waals surface area contributed by atoms with Crippen LogP contribution in [0.25, 0.3) is 0 Å². The van der Waals surface area contributed by atoms with Gasteiger partial charge < -0.3 is 5.11 Å². The highest BCUT2D eigenvalue weighted by molar-refractivity contribution is 7.12. The lowest BCUT2D eigenvalue weighted by molar-refractivity contribution is 0.103. The molecule has 0 unspecified atom stereocenters. The van der Waals surface area contributed by atoms with Gasteiger partial charge in [0.25, 0.3) is 0 Å². The number of benzene rings is 1. The first-order valence-corrected chi connectivity index (χ1v) is 5.46. The second-order valence-electron chi connectivity index (χ2n) is 3.24. The molecule has 0 radical (unpaired) electrons. The predicted molar refractivity (Wildman–Crippen MR) is 61.2 cm³/mol. The Kier molecular flexibility index (Phi) is 2.83. The molecule has 0 saturated heterocycles. The van der Waals surface area contributed by atoms with E-state index in [0.717, 1.165) is 0 Å². The zero-order chi connectivity index (χ0) is 11.5. The van der Waals surface area contributed by atoms with E-state index in [1.165, 1.54) is 23.5 Å². The first kappa shape index (κ1) is 10.6. The van der Waals surface area contributed by atoms with Crippen molar-refractivity contribution in [1.29, 1.82) is 0 Å². The van der Waals surface area contributed by atoms with Gasteiger partial charge in [0.05, 0.1) is 4.88 Å². The van der Waals surface area contributed by atoms with Crippen LogP contribution in [-0.2, 0) is 0 Å². The standard InChI is InChI=1S/C12H8O3S/c13-6-11-5-9(7-16-11)12(15)8-2-1-3-10(14)4-8/h1-7,14H. The summed E-state index contributed by atoms with van der Waals surface area (Å²) in [4.78, 5) is 22.9. The zero-order valence-corrected chi connectivity index (χ0v) is 9.03. The number of rotatable bonds is 3. The van der Waals surface area contributed by atoms with E-state index in [1.807, 2.05) is 0 Å². The molecule has 0 fully saturated rings. The fourth-order valence-corrected chi connectivity index (χ4v) is 2.04. The minimum absolute atomic E-state index is 0.0525. The number of aromatic hydroxyl groups is 1. The highest BCUT2D eigenvalue weighted by Gasteiger charge is 2.11. The van der Waals surface area contributed by atoms with Gasteiger partial charge in [-0.15, -0.1) is 11.3 Å². The molecule has 0 atom stereocenters. The van der Waals surface area contributed by atoms with E-state index in [-0.39, 0.29) is 11.5 Å². The number of ketones is 1. The number of phenols is 1. The van der Waals surface area contributed by atoms with Crippen molar-refractivity contribution in [3.63, 3.8) is 0 Å².